The van der Waals surface area contributed by atoms with Crippen molar-refractivity contribution < 1.29 is 8.42 Å². The van der Waals surface area contributed by atoms with Gasteiger partial charge in [0.1, 0.15) is 9.98 Å². The van der Waals surface area contributed by atoms with Crippen molar-refractivity contribution in [1.82, 2.24) is 9.80 Å². The van der Waals surface area contributed by atoms with Crippen LogP contribution >= 0.6 is 48.9 Å². The number of hydrogen-bond acceptors (Lipinski definition) is 6. The molecule has 4 nitrogen and oxygen atoms in total. The summed E-state index contributed by atoms with van der Waals surface area (Å²) >= 11 is 20.9. The van der Waals surface area contributed by atoms with E-state index < -0.39 is 9.84 Å². The Morgan fingerprint density at radius 1 is 0.609 bits per heavy atom. The van der Waals surface area contributed by atoms with Gasteiger partial charge in [-0.3, -0.25) is 0 Å². The van der Waals surface area contributed by atoms with Crippen LogP contribution in [-0.2, 0) is 9.84 Å². The summed E-state index contributed by atoms with van der Waals surface area (Å²) < 4.78 is 24.9. The number of rotatable bonds is 0. The van der Waals surface area contributed by atoms with E-state index in [9.17, 15) is 8.42 Å². The maximum Gasteiger partial charge on any atom is 0.232 e. The average molecular weight is 409 g/mol. The lowest BCUT2D eigenvalue weighted by atomic mass is 10.1. The Kier molecular flexibility index (Phi) is 6.97. The lowest BCUT2D eigenvalue weighted by molar-refractivity contribution is 0.350. The van der Waals surface area contributed by atoms with Crippen LogP contribution in [0.3, 0.4) is 0 Å². The number of thiocarbonyl (C=S) groups is 4. The van der Waals surface area contributed by atoms with Crippen LogP contribution in [0.15, 0.2) is 0 Å². The van der Waals surface area contributed by atoms with Crippen LogP contribution in [-0.4, -0.2) is 62.8 Å². The Morgan fingerprint density at radius 2 is 0.913 bits per heavy atom. The van der Waals surface area contributed by atoms with Crippen LogP contribution < -0.4 is 0 Å². The minimum absolute atomic E-state index is 0.212. The molecule has 2 heterocycles. The van der Waals surface area contributed by atoms with E-state index in [1.165, 1.54) is 0 Å². The predicted molar refractivity (Wildman–Crippen MR) is 110 cm³/mol. The molecule has 0 aromatic rings. The summed E-state index contributed by atoms with van der Waals surface area (Å²) in [6, 6.07) is 0. The van der Waals surface area contributed by atoms with E-state index in [0.717, 1.165) is 64.7 Å². The molecule has 9 heteroatoms. The first kappa shape index (κ1) is 19.2. The summed E-state index contributed by atoms with van der Waals surface area (Å²) in [7, 11) is -3.94. The summed E-state index contributed by atoms with van der Waals surface area (Å²) in [5, 5.41) is 0. The molecule has 128 valence electrons. The van der Waals surface area contributed by atoms with Gasteiger partial charge in [-0.15, -0.1) is 0 Å². The summed E-state index contributed by atoms with van der Waals surface area (Å²) in [5.41, 5.74) is 0. The first-order valence-electron chi connectivity index (χ1n) is 7.77. The molecule has 2 saturated heterocycles. The Hall–Kier alpha value is -0.0900. The quantitative estimate of drug-likeness (QED) is 0.567. The first-order valence-corrected chi connectivity index (χ1v) is 10.9. The second-order valence-corrected chi connectivity index (χ2v) is 9.71. The molecule has 0 radical (unpaired) electrons. The zero-order chi connectivity index (χ0) is 17.0. The fraction of sp³-hybridized carbons (Fsp3) is 0.714. The first-order chi connectivity index (χ1) is 10.9. The van der Waals surface area contributed by atoms with Gasteiger partial charge in [0, 0.05) is 26.2 Å². The predicted octanol–water partition coefficient (Wildman–Crippen LogP) is 2.68. The second kappa shape index (κ2) is 8.33. The van der Waals surface area contributed by atoms with E-state index >= 15 is 0 Å². The van der Waals surface area contributed by atoms with Crippen LogP contribution in [0.25, 0.3) is 0 Å². The Balaban J connectivity index is 2.09. The van der Waals surface area contributed by atoms with Gasteiger partial charge in [-0.05, 0) is 38.5 Å². The minimum Gasteiger partial charge on any atom is -0.361 e. The summed E-state index contributed by atoms with van der Waals surface area (Å²) in [5.74, 6) is 0. The molecule has 0 unspecified atom stereocenters. The highest BCUT2D eigenvalue weighted by Crippen LogP contribution is 2.16. The molecule has 0 aliphatic carbocycles. The molecule has 0 N–H and O–H groups in total. The highest BCUT2D eigenvalue weighted by Gasteiger charge is 2.34. The number of piperidine rings is 2. The van der Waals surface area contributed by atoms with E-state index in [-0.39, 0.29) is 18.4 Å². The largest absolute Gasteiger partial charge is 0.361 e. The molecule has 0 amide bonds. The highest BCUT2D eigenvalue weighted by molar-refractivity contribution is 8.37. The second-order valence-electron chi connectivity index (χ2n) is 5.78. The number of sulfone groups is 1. The maximum atomic E-state index is 12.7. The van der Waals surface area contributed by atoms with Crippen molar-refractivity contribution in [3.05, 3.63) is 0 Å². The van der Waals surface area contributed by atoms with Crippen molar-refractivity contribution in [2.75, 3.05) is 26.2 Å². The summed E-state index contributed by atoms with van der Waals surface area (Å²) in [6.07, 6.45) is 6.27. The average Bonchev–Trinajstić information content (AvgIpc) is 2.60. The minimum atomic E-state index is -3.94. The standard InChI is InChI=1S/C14H20N2O2S5/c17-23(18,13(21)11(19)15-7-3-1-4-8-15)14(22)12(20)16-9-5-2-6-10-16/h1-10H2. The van der Waals surface area contributed by atoms with Crippen LogP contribution in [0.2, 0.25) is 0 Å². The molecule has 0 saturated carbocycles. The van der Waals surface area contributed by atoms with Gasteiger partial charge in [-0.25, -0.2) is 8.42 Å². The van der Waals surface area contributed by atoms with E-state index in [1.807, 2.05) is 9.80 Å². The van der Waals surface area contributed by atoms with Gasteiger partial charge in [-0.2, -0.15) is 0 Å². The normalized spacial score (nSPS) is 19.3. The van der Waals surface area contributed by atoms with Crippen LogP contribution in [0.5, 0.6) is 0 Å². The van der Waals surface area contributed by atoms with Gasteiger partial charge in [0.15, 0.2) is 8.39 Å². The molecule has 2 aliphatic heterocycles. The van der Waals surface area contributed by atoms with Gasteiger partial charge in [0.25, 0.3) is 0 Å². The lowest BCUT2D eigenvalue weighted by Gasteiger charge is -2.30. The summed E-state index contributed by atoms with van der Waals surface area (Å²) in [6.45, 7) is 2.99. The third-order valence-electron chi connectivity index (χ3n) is 4.12. The molecule has 0 spiro atoms. The third kappa shape index (κ3) is 4.50. The number of hydrogen-bond donors (Lipinski definition) is 0. The van der Waals surface area contributed by atoms with Gasteiger partial charge in [0.05, 0.1) is 0 Å². The van der Waals surface area contributed by atoms with Crippen LogP contribution in [0.1, 0.15) is 38.5 Å². The Labute approximate surface area is 159 Å². The molecule has 2 rings (SSSR count). The molecule has 0 aromatic carbocycles. The summed E-state index contributed by atoms with van der Waals surface area (Å²) in [4.78, 5) is 4.16. The van der Waals surface area contributed by atoms with Gasteiger partial charge in [0.2, 0.25) is 9.84 Å². The molecule has 2 fully saturated rings. The van der Waals surface area contributed by atoms with E-state index in [2.05, 4.69) is 0 Å². The molecule has 0 aromatic heterocycles. The monoisotopic (exact) mass is 408 g/mol. The van der Waals surface area contributed by atoms with Crippen molar-refractivity contribution >= 4 is 77.1 Å². The molecular weight excluding hydrogens is 389 g/mol. The number of likely N-dealkylation sites (tertiary alicyclic amines) is 2. The zero-order valence-corrected chi connectivity index (χ0v) is 16.9. The lowest BCUT2D eigenvalue weighted by Crippen LogP contribution is -2.46. The zero-order valence-electron chi connectivity index (χ0n) is 12.8. The fourth-order valence-corrected chi connectivity index (χ4v) is 5.59. The highest BCUT2D eigenvalue weighted by atomic mass is 32.2. The number of nitrogens with zero attached hydrogens (tertiary/aromatic N) is 2. The molecule has 23 heavy (non-hydrogen) atoms. The fourth-order valence-electron chi connectivity index (χ4n) is 2.77. The van der Waals surface area contributed by atoms with Crippen molar-refractivity contribution in [3.63, 3.8) is 0 Å². The van der Waals surface area contributed by atoms with E-state index in [4.69, 9.17) is 48.9 Å². The Bertz CT molecular complexity index is 569. The van der Waals surface area contributed by atoms with Crippen molar-refractivity contribution in [2.45, 2.75) is 38.5 Å². The molecule has 2 aliphatic rings. The maximum absolute atomic E-state index is 12.7. The molecule has 0 atom stereocenters. The van der Waals surface area contributed by atoms with E-state index in [1.54, 1.807) is 0 Å². The topological polar surface area (TPSA) is 40.6 Å². The van der Waals surface area contributed by atoms with Crippen LogP contribution in [0, 0.1) is 0 Å². The third-order valence-corrected chi connectivity index (χ3v) is 8.63. The van der Waals surface area contributed by atoms with Crippen molar-refractivity contribution in [3.8, 4) is 0 Å². The molecular formula is C14H20N2O2S5. The van der Waals surface area contributed by atoms with Gasteiger partial charge < -0.3 is 9.80 Å². The van der Waals surface area contributed by atoms with Crippen molar-refractivity contribution in [1.29, 1.82) is 0 Å². The van der Waals surface area contributed by atoms with Gasteiger partial charge in [-0.1, -0.05) is 48.9 Å². The van der Waals surface area contributed by atoms with Crippen LogP contribution in [0.4, 0.5) is 0 Å². The molecule has 0 bridgehead atoms. The van der Waals surface area contributed by atoms with E-state index in [0.29, 0.717) is 0 Å². The van der Waals surface area contributed by atoms with Gasteiger partial charge >= 0.3 is 0 Å². The SMILES string of the molecule is O=S(=O)(C(=S)C(=S)N1CCCCC1)C(=S)C(=S)N1CCCCC1. The van der Waals surface area contributed by atoms with Crippen molar-refractivity contribution in [2.24, 2.45) is 0 Å². The smallest absolute Gasteiger partial charge is 0.232 e. The Morgan fingerprint density at radius 3 is 1.22 bits per heavy atom.